The summed E-state index contributed by atoms with van der Waals surface area (Å²) < 4.78 is 24.5. The molecular weight excluding hydrogens is 410 g/mol. The molecule has 0 rings (SSSR count). The number of rotatable bonds is 11. The lowest BCUT2D eigenvalue weighted by atomic mass is 9.98. The van der Waals surface area contributed by atoms with Gasteiger partial charge in [0.25, 0.3) is 5.72 Å². The lowest BCUT2D eigenvalue weighted by Crippen LogP contribution is -2.59. The van der Waals surface area contributed by atoms with Crippen molar-refractivity contribution in [1.29, 1.82) is 0 Å². The average molecular weight is 431 g/mol. The molecule has 0 heterocycles. The van der Waals surface area contributed by atoms with Gasteiger partial charge < -0.3 is 23.7 Å². The minimum absolute atomic E-state index is 0.158. The summed E-state index contributed by atoms with van der Waals surface area (Å²) in [6, 6.07) is 0. The highest BCUT2D eigenvalue weighted by Gasteiger charge is 2.53. The van der Waals surface area contributed by atoms with E-state index in [9.17, 15) is 28.8 Å². The highest BCUT2D eigenvalue weighted by atomic mass is 16.6. The molecular formula is C16H21N3O11. The van der Waals surface area contributed by atoms with Crippen molar-refractivity contribution in [1.82, 2.24) is 0 Å². The van der Waals surface area contributed by atoms with Gasteiger partial charge in [0.05, 0.1) is 0 Å². The molecule has 0 aliphatic rings. The number of azide groups is 1. The van der Waals surface area contributed by atoms with Crippen molar-refractivity contribution in [3.8, 4) is 0 Å². The highest BCUT2D eigenvalue weighted by Crippen LogP contribution is 2.28. The van der Waals surface area contributed by atoms with E-state index in [0.29, 0.717) is 0 Å². The standard InChI is InChI=1S/C16H21N3O11/c1-8(21)26-6-13(27-9(2)22)14(28-10(3)23)15(29-11(4)24)16(7-20,18-19-17)30-12(5)25/h7,13-15H,6H2,1-5H3/t13-,14+,15+,16+/m1/s1. The molecule has 0 aromatic carbocycles. The van der Waals surface area contributed by atoms with Crippen molar-refractivity contribution < 1.29 is 52.5 Å². The molecule has 14 nitrogen and oxygen atoms in total. The first-order valence-electron chi connectivity index (χ1n) is 8.25. The summed E-state index contributed by atoms with van der Waals surface area (Å²) in [7, 11) is 0. The third-order valence-corrected chi connectivity index (χ3v) is 3.11. The number of esters is 5. The summed E-state index contributed by atoms with van der Waals surface area (Å²) in [5.74, 6) is -4.95. The fourth-order valence-corrected chi connectivity index (χ4v) is 2.25. The normalized spacial score (nSPS) is 15.0. The summed E-state index contributed by atoms with van der Waals surface area (Å²) in [4.78, 5) is 71.7. The van der Waals surface area contributed by atoms with E-state index in [-0.39, 0.29) is 6.29 Å². The van der Waals surface area contributed by atoms with E-state index < -0.39 is 60.5 Å². The number of hydrogen-bond donors (Lipinski definition) is 0. The molecule has 14 heteroatoms. The quantitative estimate of drug-likeness (QED) is 0.107. The molecule has 4 atom stereocenters. The summed E-state index contributed by atoms with van der Waals surface area (Å²) >= 11 is 0. The Labute approximate surface area is 170 Å². The Balaban J connectivity index is 6.67. The fourth-order valence-electron chi connectivity index (χ4n) is 2.25. The Bertz CT molecular complexity index is 747. The molecule has 0 fully saturated rings. The Morgan fingerprint density at radius 2 is 1.43 bits per heavy atom. The van der Waals surface area contributed by atoms with Crippen LogP contribution in [0.5, 0.6) is 0 Å². The molecule has 30 heavy (non-hydrogen) atoms. The zero-order valence-electron chi connectivity index (χ0n) is 16.8. The lowest BCUT2D eigenvalue weighted by molar-refractivity contribution is -0.215. The van der Waals surface area contributed by atoms with Crippen LogP contribution in [0.3, 0.4) is 0 Å². The average Bonchev–Trinajstić information content (AvgIpc) is 2.60. The Morgan fingerprint density at radius 1 is 0.900 bits per heavy atom. The van der Waals surface area contributed by atoms with Crippen LogP contribution in [0.1, 0.15) is 34.6 Å². The smallest absolute Gasteiger partial charge is 0.303 e. The Hall–Kier alpha value is -3.67. The van der Waals surface area contributed by atoms with E-state index in [2.05, 4.69) is 10.0 Å². The van der Waals surface area contributed by atoms with Crippen LogP contribution < -0.4 is 0 Å². The first-order valence-corrected chi connectivity index (χ1v) is 8.25. The molecule has 0 saturated heterocycles. The number of aldehydes is 1. The fraction of sp³-hybridized carbons (Fsp3) is 0.625. The number of nitrogens with zero attached hydrogens (tertiary/aromatic N) is 3. The molecule has 0 saturated carbocycles. The largest absolute Gasteiger partial charge is 0.462 e. The molecule has 0 spiro atoms. The Kier molecular flexibility index (Phi) is 10.5. The van der Waals surface area contributed by atoms with Crippen molar-refractivity contribution in [3.05, 3.63) is 10.4 Å². The van der Waals surface area contributed by atoms with Gasteiger partial charge in [-0.05, 0) is 10.6 Å². The highest BCUT2D eigenvalue weighted by molar-refractivity contribution is 5.75. The second-order valence-electron chi connectivity index (χ2n) is 5.71. The zero-order valence-corrected chi connectivity index (χ0v) is 16.8. The SMILES string of the molecule is CC(=O)OC[C@@H](OC(C)=O)[C@H](OC(C)=O)[C@H](OC(C)=O)[C@@](C=O)(N=[N+]=[N-])OC(C)=O. The minimum atomic E-state index is -2.85. The van der Waals surface area contributed by atoms with Crippen molar-refractivity contribution in [2.24, 2.45) is 5.11 Å². The van der Waals surface area contributed by atoms with Gasteiger partial charge in [-0.25, -0.2) is 0 Å². The van der Waals surface area contributed by atoms with Crippen molar-refractivity contribution in [3.63, 3.8) is 0 Å². The second kappa shape index (κ2) is 12.0. The van der Waals surface area contributed by atoms with Crippen LogP contribution >= 0.6 is 0 Å². The van der Waals surface area contributed by atoms with Crippen LogP contribution in [0.2, 0.25) is 0 Å². The van der Waals surface area contributed by atoms with Gasteiger partial charge in [-0.15, -0.1) is 0 Å². The van der Waals surface area contributed by atoms with Crippen LogP contribution in [0, 0.1) is 0 Å². The predicted molar refractivity (Wildman–Crippen MR) is 93.0 cm³/mol. The number of carbonyl (C=O) groups is 6. The van der Waals surface area contributed by atoms with Gasteiger partial charge >= 0.3 is 29.8 Å². The maximum atomic E-state index is 11.8. The molecule has 0 aromatic heterocycles. The number of ether oxygens (including phenoxy) is 5. The second-order valence-corrected chi connectivity index (χ2v) is 5.71. The van der Waals surface area contributed by atoms with Crippen LogP contribution in [0.4, 0.5) is 0 Å². The minimum Gasteiger partial charge on any atom is -0.462 e. The number of carbonyl (C=O) groups excluding carboxylic acids is 6. The van der Waals surface area contributed by atoms with Crippen LogP contribution in [0.25, 0.3) is 10.4 Å². The van der Waals surface area contributed by atoms with E-state index in [1.807, 2.05) is 0 Å². The summed E-state index contributed by atoms with van der Waals surface area (Å²) in [6.45, 7) is 3.97. The van der Waals surface area contributed by atoms with E-state index in [1.165, 1.54) is 0 Å². The molecule has 0 radical (unpaired) electrons. The van der Waals surface area contributed by atoms with Crippen molar-refractivity contribution >= 4 is 36.1 Å². The topological polar surface area (TPSA) is 197 Å². The van der Waals surface area contributed by atoms with Gasteiger partial charge in [-0.3, -0.25) is 28.8 Å². The van der Waals surface area contributed by atoms with E-state index in [0.717, 1.165) is 34.6 Å². The molecule has 0 unspecified atom stereocenters. The summed E-state index contributed by atoms with van der Waals surface area (Å²) in [5, 5.41) is 3.11. The predicted octanol–water partition coefficient (Wildman–Crippen LogP) is 0.113. The van der Waals surface area contributed by atoms with E-state index >= 15 is 0 Å². The van der Waals surface area contributed by atoms with Gasteiger partial charge in [0.15, 0.2) is 24.6 Å². The van der Waals surface area contributed by atoms with Gasteiger partial charge in [0.2, 0.25) is 0 Å². The van der Waals surface area contributed by atoms with Crippen LogP contribution in [-0.4, -0.2) is 66.8 Å². The molecule has 166 valence electrons. The molecule has 0 aliphatic heterocycles. The zero-order chi connectivity index (χ0) is 23.5. The van der Waals surface area contributed by atoms with Gasteiger partial charge in [-0.2, -0.15) is 0 Å². The molecule has 0 bridgehead atoms. The maximum absolute atomic E-state index is 11.8. The van der Waals surface area contributed by atoms with E-state index in [1.54, 1.807) is 0 Å². The third-order valence-electron chi connectivity index (χ3n) is 3.11. The summed E-state index contributed by atoms with van der Waals surface area (Å²) in [5.41, 5.74) is 6.01. The molecule has 0 aliphatic carbocycles. The monoisotopic (exact) mass is 431 g/mol. The molecule has 0 aromatic rings. The first-order chi connectivity index (χ1) is 13.9. The molecule has 0 N–H and O–H groups in total. The van der Waals surface area contributed by atoms with Gasteiger partial charge in [0, 0.05) is 39.5 Å². The maximum Gasteiger partial charge on any atom is 0.303 e. The van der Waals surface area contributed by atoms with Crippen molar-refractivity contribution in [2.45, 2.75) is 58.7 Å². The van der Waals surface area contributed by atoms with Gasteiger partial charge in [0.1, 0.15) is 6.61 Å². The van der Waals surface area contributed by atoms with Crippen molar-refractivity contribution in [2.75, 3.05) is 6.61 Å². The molecule has 0 amide bonds. The van der Waals surface area contributed by atoms with E-state index in [4.69, 9.17) is 29.2 Å². The van der Waals surface area contributed by atoms with Gasteiger partial charge in [-0.1, -0.05) is 0 Å². The first kappa shape index (κ1) is 26.3. The Morgan fingerprint density at radius 3 is 1.80 bits per heavy atom. The number of hydrogen-bond acceptors (Lipinski definition) is 12. The third kappa shape index (κ3) is 8.56. The lowest BCUT2D eigenvalue weighted by Gasteiger charge is -2.37. The summed E-state index contributed by atoms with van der Waals surface area (Å²) in [6.07, 6.45) is -5.82. The van der Waals surface area contributed by atoms with Crippen LogP contribution in [0.15, 0.2) is 5.11 Å². The van der Waals surface area contributed by atoms with Crippen LogP contribution in [-0.2, 0) is 52.5 Å².